The number of amides is 2. The van der Waals surface area contributed by atoms with Gasteiger partial charge in [0.15, 0.2) is 0 Å². The molecule has 2 fully saturated rings. The third-order valence-corrected chi connectivity index (χ3v) is 5.67. The first-order valence-corrected chi connectivity index (χ1v) is 9.72. The number of benzene rings is 2. The lowest BCUT2D eigenvalue weighted by Crippen LogP contribution is -2.52. The second-order valence-electron chi connectivity index (χ2n) is 7.16. The Labute approximate surface area is 168 Å². The van der Waals surface area contributed by atoms with Gasteiger partial charge in [-0.2, -0.15) is 0 Å². The molecule has 0 N–H and O–H groups in total. The van der Waals surface area contributed by atoms with Crippen LogP contribution in [0.2, 0.25) is 5.02 Å². The van der Waals surface area contributed by atoms with Crippen LogP contribution in [0.25, 0.3) is 0 Å². The van der Waals surface area contributed by atoms with E-state index in [2.05, 4.69) is 9.80 Å². The summed E-state index contributed by atoms with van der Waals surface area (Å²) in [6.07, 6.45) is 0.225. The third kappa shape index (κ3) is 3.88. The zero-order valence-corrected chi connectivity index (χ0v) is 16.1. The molecule has 1 atom stereocenters. The van der Waals surface area contributed by atoms with Crippen molar-refractivity contribution in [1.29, 1.82) is 0 Å². The molecule has 4 rings (SSSR count). The highest BCUT2D eigenvalue weighted by Crippen LogP contribution is 2.24. The zero-order valence-electron chi connectivity index (χ0n) is 15.4. The summed E-state index contributed by atoms with van der Waals surface area (Å²) in [7, 11) is 0. The highest BCUT2D eigenvalue weighted by Gasteiger charge is 2.42. The molecule has 2 aromatic carbocycles. The van der Waals surface area contributed by atoms with Crippen LogP contribution in [-0.2, 0) is 16.1 Å². The molecule has 0 radical (unpaired) electrons. The Kier molecular flexibility index (Phi) is 5.33. The summed E-state index contributed by atoms with van der Waals surface area (Å²) in [5, 5.41) is 0.625. The van der Waals surface area contributed by atoms with Gasteiger partial charge in [-0.25, -0.2) is 4.39 Å². The largest absolute Gasteiger partial charge is 0.369 e. The third-order valence-electron chi connectivity index (χ3n) is 5.42. The molecule has 7 heteroatoms. The van der Waals surface area contributed by atoms with Crippen molar-refractivity contribution in [3.05, 3.63) is 64.9 Å². The van der Waals surface area contributed by atoms with Gasteiger partial charge in [-0.05, 0) is 42.0 Å². The lowest BCUT2D eigenvalue weighted by Gasteiger charge is -2.38. The van der Waals surface area contributed by atoms with Gasteiger partial charge in [0.1, 0.15) is 5.82 Å². The van der Waals surface area contributed by atoms with Crippen molar-refractivity contribution in [3.63, 3.8) is 0 Å². The number of likely N-dealkylation sites (tertiary alicyclic amines) is 1. The second-order valence-corrected chi connectivity index (χ2v) is 7.60. The lowest BCUT2D eigenvalue weighted by atomic mass is 10.1. The highest BCUT2D eigenvalue weighted by molar-refractivity contribution is 6.30. The first-order valence-electron chi connectivity index (χ1n) is 9.34. The Morgan fingerprint density at radius 2 is 1.57 bits per heavy atom. The van der Waals surface area contributed by atoms with Crippen LogP contribution in [0.3, 0.4) is 0 Å². The maximum atomic E-state index is 13.1. The molecule has 2 amide bonds. The van der Waals surface area contributed by atoms with Gasteiger partial charge in [0.05, 0.1) is 19.0 Å². The summed E-state index contributed by atoms with van der Waals surface area (Å²) in [5.41, 5.74) is 1.85. The number of hydrogen-bond donors (Lipinski definition) is 0. The van der Waals surface area contributed by atoms with Crippen LogP contribution >= 0.6 is 11.6 Å². The van der Waals surface area contributed by atoms with Gasteiger partial charge >= 0.3 is 0 Å². The van der Waals surface area contributed by atoms with Crippen molar-refractivity contribution in [2.24, 2.45) is 0 Å². The van der Waals surface area contributed by atoms with E-state index in [4.69, 9.17) is 11.6 Å². The minimum Gasteiger partial charge on any atom is -0.369 e. The number of carbonyl (C=O) groups excluding carboxylic acids is 2. The van der Waals surface area contributed by atoms with E-state index in [1.165, 1.54) is 17.0 Å². The molecule has 0 saturated carbocycles. The molecule has 2 aliphatic rings. The van der Waals surface area contributed by atoms with E-state index in [0.29, 0.717) is 18.1 Å². The van der Waals surface area contributed by atoms with Crippen molar-refractivity contribution in [2.45, 2.75) is 19.0 Å². The molecule has 28 heavy (non-hydrogen) atoms. The summed E-state index contributed by atoms with van der Waals surface area (Å²) in [6.45, 7) is 3.13. The van der Waals surface area contributed by atoms with Crippen LogP contribution in [0.4, 0.5) is 10.1 Å². The molecule has 2 aliphatic heterocycles. The first-order chi connectivity index (χ1) is 13.5. The number of piperazine rings is 1. The number of carbonyl (C=O) groups is 2. The molecule has 1 unspecified atom stereocenters. The zero-order chi connectivity index (χ0) is 19.7. The van der Waals surface area contributed by atoms with Crippen LogP contribution in [0.15, 0.2) is 48.5 Å². The molecule has 0 aromatic heterocycles. The normalized spacial score (nSPS) is 20.9. The molecule has 0 bridgehead atoms. The van der Waals surface area contributed by atoms with Gasteiger partial charge in [-0.15, -0.1) is 0 Å². The minimum absolute atomic E-state index is 0.129. The Balaban J connectivity index is 1.37. The van der Waals surface area contributed by atoms with Crippen molar-refractivity contribution < 1.29 is 14.0 Å². The fraction of sp³-hybridized carbons (Fsp3) is 0.333. The van der Waals surface area contributed by atoms with Crippen molar-refractivity contribution in [1.82, 2.24) is 9.80 Å². The number of anilines is 1. The van der Waals surface area contributed by atoms with Gasteiger partial charge in [-0.3, -0.25) is 19.4 Å². The Hall–Kier alpha value is -2.44. The number of hydrogen-bond acceptors (Lipinski definition) is 4. The van der Waals surface area contributed by atoms with E-state index in [-0.39, 0.29) is 30.6 Å². The van der Waals surface area contributed by atoms with Crippen LogP contribution in [0, 0.1) is 5.82 Å². The summed E-state index contributed by atoms with van der Waals surface area (Å²) in [4.78, 5) is 30.9. The van der Waals surface area contributed by atoms with Crippen LogP contribution in [-0.4, -0.2) is 53.8 Å². The number of halogens is 2. The van der Waals surface area contributed by atoms with E-state index in [1.807, 2.05) is 12.1 Å². The number of nitrogens with zero attached hydrogens (tertiary/aromatic N) is 3. The molecule has 2 aromatic rings. The molecular formula is C21H21ClFN3O2. The van der Waals surface area contributed by atoms with E-state index < -0.39 is 6.04 Å². The van der Waals surface area contributed by atoms with E-state index >= 15 is 0 Å². The first kappa shape index (κ1) is 18.9. The molecule has 2 heterocycles. The SMILES string of the molecule is O=C1CC(N2CCN(c3ccc(F)cc3)CC2)C(=O)N1Cc1ccc(Cl)cc1. The topological polar surface area (TPSA) is 43.9 Å². The van der Waals surface area contributed by atoms with Gasteiger partial charge < -0.3 is 4.90 Å². The quantitative estimate of drug-likeness (QED) is 0.739. The van der Waals surface area contributed by atoms with E-state index in [0.717, 1.165) is 24.3 Å². The fourth-order valence-electron chi connectivity index (χ4n) is 3.83. The standard InChI is InChI=1S/C21H21ClFN3O2/c22-16-3-1-15(2-4-16)14-26-20(27)13-19(21(26)28)25-11-9-24(10-12-25)18-7-5-17(23)6-8-18/h1-8,19H,9-14H2. The van der Waals surface area contributed by atoms with Crippen LogP contribution in [0.5, 0.6) is 0 Å². The summed E-state index contributed by atoms with van der Waals surface area (Å²) < 4.78 is 13.1. The molecule has 5 nitrogen and oxygen atoms in total. The van der Waals surface area contributed by atoms with Crippen LogP contribution in [0.1, 0.15) is 12.0 Å². The van der Waals surface area contributed by atoms with Crippen molar-refractivity contribution >= 4 is 29.1 Å². The molecule has 2 saturated heterocycles. The van der Waals surface area contributed by atoms with Crippen molar-refractivity contribution in [2.75, 3.05) is 31.1 Å². The summed E-state index contributed by atoms with van der Waals surface area (Å²) >= 11 is 5.90. The smallest absolute Gasteiger partial charge is 0.247 e. The van der Waals surface area contributed by atoms with Gasteiger partial charge in [0.25, 0.3) is 0 Å². The van der Waals surface area contributed by atoms with Gasteiger partial charge in [-0.1, -0.05) is 23.7 Å². The predicted molar refractivity (Wildman–Crippen MR) is 106 cm³/mol. The summed E-state index contributed by atoms with van der Waals surface area (Å²) in [6, 6.07) is 13.2. The van der Waals surface area contributed by atoms with E-state index in [1.54, 1.807) is 24.3 Å². The Morgan fingerprint density at radius 1 is 0.929 bits per heavy atom. The molecular weight excluding hydrogens is 381 g/mol. The maximum Gasteiger partial charge on any atom is 0.247 e. The Bertz CT molecular complexity index is 864. The Morgan fingerprint density at radius 3 is 2.21 bits per heavy atom. The maximum absolute atomic E-state index is 13.1. The van der Waals surface area contributed by atoms with E-state index in [9.17, 15) is 14.0 Å². The fourth-order valence-corrected chi connectivity index (χ4v) is 3.96. The van der Waals surface area contributed by atoms with Crippen LogP contribution < -0.4 is 4.90 Å². The second kappa shape index (κ2) is 7.89. The average molecular weight is 402 g/mol. The monoisotopic (exact) mass is 401 g/mol. The van der Waals surface area contributed by atoms with Crippen molar-refractivity contribution in [3.8, 4) is 0 Å². The highest BCUT2D eigenvalue weighted by atomic mass is 35.5. The predicted octanol–water partition coefficient (Wildman–Crippen LogP) is 2.93. The number of imide groups is 1. The molecule has 0 spiro atoms. The number of rotatable bonds is 4. The average Bonchev–Trinajstić information content (AvgIpc) is 2.99. The minimum atomic E-state index is -0.393. The van der Waals surface area contributed by atoms with Gasteiger partial charge in [0.2, 0.25) is 11.8 Å². The summed E-state index contributed by atoms with van der Waals surface area (Å²) in [5.74, 6) is -0.515. The van der Waals surface area contributed by atoms with Gasteiger partial charge in [0, 0.05) is 36.9 Å². The lowest BCUT2D eigenvalue weighted by molar-refractivity contribution is -0.140. The molecule has 146 valence electrons. The molecule has 0 aliphatic carbocycles.